The van der Waals surface area contributed by atoms with E-state index in [0.717, 1.165) is 52.9 Å². The van der Waals surface area contributed by atoms with Gasteiger partial charge in [-0.2, -0.15) is 0 Å². The summed E-state index contributed by atoms with van der Waals surface area (Å²) < 4.78 is 6.46. The molecule has 1 aromatic heterocycles. The molecule has 0 radical (unpaired) electrons. The predicted octanol–water partition coefficient (Wildman–Crippen LogP) is 5.80. The van der Waals surface area contributed by atoms with Gasteiger partial charge < -0.3 is 15.0 Å². The maximum Gasteiger partial charge on any atom is 0.155 e. The van der Waals surface area contributed by atoms with Gasteiger partial charge in [-0.05, 0) is 56.2 Å². The predicted molar refractivity (Wildman–Crippen MR) is 127 cm³/mol. The molecule has 2 aliphatic rings. The van der Waals surface area contributed by atoms with Gasteiger partial charge in [0.1, 0.15) is 17.2 Å². The highest BCUT2D eigenvalue weighted by molar-refractivity contribution is 6.16. The second-order valence-electron chi connectivity index (χ2n) is 7.80. The number of ether oxygens (including phenoxy) is 1. The summed E-state index contributed by atoms with van der Waals surface area (Å²) in [4.78, 5) is 11.8. The molecule has 2 heterocycles. The Morgan fingerprint density at radius 1 is 1.03 bits per heavy atom. The Morgan fingerprint density at radius 3 is 2.61 bits per heavy atom. The molecule has 5 heteroatoms. The molecule has 5 rings (SSSR count). The number of nitrogens with zero attached hydrogens (tertiary/aromatic N) is 3. The Hall–Kier alpha value is -3.60. The third kappa shape index (κ3) is 3.46. The third-order valence-electron chi connectivity index (χ3n) is 5.89. The zero-order chi connectivity index (χ0) is 21.4. The first-order chi connectivity index (χ1) is 15.2. The van der Waals surface area contributed by atoms with E-state index in [1.807, 2.05) is 24.3 Å². The molecule has 0 fully saturated rings. The smallest absolute Gasteiger partial charge is 0.155 e. The van der Waals surface area contributed by atoms with Crippen molar-refractivity contribution in [2.24, 2.45) is 4.99 Å². The number of pyridine rings is 1. The van der Waals surface area contributed by atoms with Gasteiger partial charge in [0.2, 0.25) is 0 Å². The molecule has 31 heavy (non-hydrogen) atoms. The van der Waals surface area contributed by atoms with E-state index in [9.17, 15) is 0 Å². The lowest BCUT2D eigenvalue weighted by molar-refractivity contribution is 0.444. The first-order valence-corrected chi connectivity index (χ1v) is 10.8. The molecule has 1 unspecified atom stereocenters. The highest BCUT2D eigenvalue weighted by Crippen LogP contribution is 2.43. The highest BCUT2D eigenvalue weighted by Gasteiger charge is 2.31. The highest BCUT2D eigenvalue weighted by atomic mass is 16.5. The molecule has 3 aromatic rings. The molecule has 156 valence electrons. The van der Waals surface area contributed by atoms with Crippen molar-refractivity contribution < 1.29 is 4.74 Å². The number of aryl methyl sites for hydroxylation is 1. The number of aliphatic imine (C=N–C) groups is 1. The summed E-state index contributed by atoms with van der Waals surface area (Å²) >= 11 is 0. The van der Waals surface area contributed by atoms with Crippen LogP contribution in [0.1, 0.15) is 36.6 Å². The van der Waals surface area contributed by atoms with Gasteiger partial charge in [0.25, 0.3) is 0 Å². The number of benzene rings is 2. The number of fused-ring (bicyclic) bond motifs is 4. The fourth-order valence-corrected chi connectivity index (χ4v) is 4.31. The Bertz CT molecular complexity index is 1180. The summed E-state index contributed by atoms with van der Waals surface area (Å²) in [6.45, 7) is 8.35. The summed E-state index contributed by atoms with van der Waals surface area (Å²) in [5.74, 6) is 2.43. The van der Waals surface area contributed by atoms with Crippen LogP contribution in [0.25, 0.3) is 0 Å². The van der Waals surface area contributed by atoms with Crippen LogP contribution in [0.5, 0.6) is 5.75 Å². The SMILES string of the molecule is CCN(CC)c1cc(C)c2c(c1)OC1=CC(Nc3ccccn3)c3ccccc3C1=N2. The number of nitrogens with one attached hydrogen (secondary N) is 1. The number of hydrogen-bond acceptors (Lipinski definition) is 5. The van der Waals surface area contributed by atoms with Crippen molar-refractivity contribution in [3.63, 3.8) is 0 Å². The Balaban J connectivity index is 1.60. The summed E-state index contributed by atoms with van der Waals surface area (Å²) in [7, 11) is 0. The zero-order valence-corrected chi connectivity index (χ0v) is 18.1. The number of hydrogen-bond donors (Lipinski definition) is 1. The molecule has 1 aliphatic heterocycles. The second kappa shape index (κ2) is 7.91. The van der Waals surface area contributed by atoms with Gasteiger partial charge in [-0.15, -0.1) is 0 Å². The van der Waals surface area contributed by atoms with Crippen molar-refractivity contribution in [1.29, 1.82) is 0 Å². The van der Waals surface area contributed by atoms with E-state index in [-0.39, 0.29) is 6.04 Å². The van der Waals surface area contributed by atoms with Crippen LogP contribution in [0.4, 0.5) is 17.2 Å². The van der Waals surface area contributed by atoms with Crippen LogP contribution in [0.3, 0.4) is 0 Å². The summed E-state index contributed by atoms with van der Waals surface area (Å²) in [6, 6.07) is 18.5. The molecule has 0 saturated heterocycles. The van der Waals surface area contributed by atoms with Crippen LogP contribution in [0.2, 0.25) is 0 Å². The first kappa shape index (κ1) is 19.4. The topological polar surface area (TPSA) is 49.8 Å². The lowest BCUT2D eigenvalue weighted by Crippen LogP contribution is -2.26. The van der Waals surface area contributed by atoms with Crippen molar-refractivity contribution in [2.75, 3.05) is 23.3 Å². The van der Waals surface area contributed by atoms with Crippen LogP contribution in [-0.4, -0.2) is 23.8 Å². The maximum atomic E-state index is 6.46. The average molecular weight is 411 g/mol. The Kier molecular flexibility index (Phi) is 4.94. The monoisotopic (exact) mass is 410 g/mol. The lowest BCUT2D eigenvalue weighted by Gasteiger charge is -2.31. The number of allylic oxidation sites excluding steroid dienone is 1. The first-order valence-electron chi connectivity index (χ1n) is 10.8. The van der Waals surface area contributed by atoms with Gasteiger partial charge >= 0.3 is 0 Å². The summed E-state index contributed by atoms with van der Waals surface area (Å²) in [6.07, 6.45) is 3.90. The molecule has 2 aromatic carbocycles. The van der Waals surface area contributed by atoms with Crippen LogP contribution in [-0.2, 0) is 0 Å². The van der Waals surface area contributed by atoms with Gasteiger partial charge in [0.05, 0.1) is 6.04 Å². The minimum Gasteiger partial charge on any atom is -0.453 e. The molecule has 1 atom stereocenters. The summed E-state index contributed by atoms with van der Waals surface area (Å²) in [5, 5.41) is 3.52. The van der Waals surface area contributed by atoms with Gasteiger partial charge in [0.15, 0.2) is 11.5 Å². The third-order valence-corrected chi connectivity index (χ3v) is 5.89. The summed E-state index contributed by atoms with van der Waals surface area (Å²) in [5.41, 5.74) is 6.35. The minimum atomic E-state index is -0.0475. The number of aromatic nitrogens is 1. The molecule has 0 saturated carbocycles. The molecule has 0 spiro atoms. The molecule has 0 bridgehead atoms. The fourth-order valence-electron chi connectivity index (χ4n) is 4.31. The molecular weight excluding hydrogens is 384 g/mol. The standard InChI is InChI=1S/C26H26N4O/c1-4-30(5-2)18-14-17(3)25-22(15-18)31-23-16-21(28-24-12-8-9-13-27-24)19-10-6-7-11-20(19)26(23)29-25/h6-16,21H,4-5H2,1-3H3,(H,27,28). The van der Waals surface area contributed by atoms with Gasteiger partial charge in [0, 0.05) is 36.6 Å². The molecule has 0 amide bonds. The van der Waals surface area contributed by atoms with E-state index in [1.165, 1.54) is 11.3 Å². The zero-order valence-electron chi connectivity index (χ0n) is 18.1. The minimum absolute atomic E-state index is 0.0475. The largest absolute Gasteiger partial charge is 0.453 e. The van der Waals surface area contributed by atoms with E-state index < -0.39 is 0 Å². The van der Waals surface area contributed by atoms with Crippen molar-refractivity contribution in [1.82, 2.24) is 4.98 Å². The van der Waals surface area contributed by atoms with Gasteiger partial charge in [-0.3, -0.25) is 0 Å². The van der Waals surface area contributed by atoms with E-state index in [1.54, 1.807) is 6.20 Å². The number of anilines is 2. The van der Waals surface area contributed by atoms with Gasteiger partial charge in [-0.1, -0.05) is 30.3 Å². The quantitative estimate of drug-likeness (QED) is 0.577. The normalized spacial score (nSPS) is 16.2. The lowest BCUT2D eigenvalue weighted by atomic mass is 9.89. The molecule has 1 aliphatic carbocycles. The average Bonchev–Trinajstić information content (AvgIpc) is 2.80. The molecule has 1 N–H and O–H groups in total. The van der Waals surface area contributed by atoms with Crippen molar-refractivity contribution in [2.45, 2.75) is 26.8 Å². The number of rotatable bonds is 5. The van der Waals surface area contributed by atoms with E-state index in [0.29, 0.717) is 0 Å². The molecular formula is C26H26N4O. The van der Waals surface area contributed by atoms with E-state index in [4.69, 9.17) is 9.73 Å². The van der Waals surface area contributed by atoms with Crippen LogP contribution < -0.4 is 15.0 Å². The van der Waals surface area contributed by atoms with Crippen LogP contribution >= 0.6 is 0 Å². The van der Waals surface area contributed by atoms with Crippen molar-refractivity contribution in [3.05, 3.63) is 89.3 Å². The maximum absolute atomic E-state index is 6.46. The van der Waals surface area contributed by atoms with Crippen molar-refractivity contribution >= 4 is 22.9 Å². The fraction of sp³-hybridized carbons (Fsp3) is 0.231. The van der Waals surface area contributed by atoms with Crippen LogP contribution in [0, 0.1) is 6.92 Å². The molecule has 5 nitrogen and oxygen atoms in total. The Morgan fingerprint density at radius 2 is 1.84 bits per heavy atom. The van der Waals surface area contributed by atoms with E-state index in [2.05, 4.69) is 72.4 Å². The Labute approximate surface area is 183 Å². The van der Waals surface area contributed by atoms with E-state index >= 15 is 0 Å². The second-order valence-corrected chi connectivity index (χ2v) is 7.80. The van der Waals surface area contributed by atoms with Crippen molar-refractivity contribution in [3.8, 4) is 5.75 Å². The van der Waals surface area contributed by atoms with Gasteiger partial charge in [-0.25, -0.2) is 9.98 Å². The van der Waals surface area contributed by atoms with Crippen LogP contribution in [0.15, 0.2) is 77.6 Å².